The number of esters is 1. The normalized spacial score (nSPS) is 15.7. The fraction of sp³-hybridized carbons (Fsp3) is 0.467. The fourth-order valence-electron chi connectivity index (χ4n) is 2.88. The molecular formula is C15H19N5O4. The minimum absolute atomic E-state index is 0.263. The van der Waals surface area contributed by atoms with E-state index in [0.29, 0.717) is 29.8 Å². The predicted octanol–water partition coefficient (Wildman–Crippen LogP) is -0.334. The smallest absolute Gasteiger partial charge is 0.326 e. The van der Waals surface area contributed by atoms with Crippen molar-refractivity contribution in [2.75, 3.05) is 20.2 Å². The maximum atomic E-state index is 12.3. The van der Waals surface area contributed by atoms with E-state index in [1.807, 2.05) is 0 Å². The Hall–Kier alpha value is -2.68. The molecule has 0 atom stereocenters. The standard InChI is InChI=1S/C15H19N5O4/c1-24-13(22)15(4-2-5-15)18-8-7-17-12(21)9-3-6-16-11-10(9)19-14(23)20-11/h3,6,18H,2,4-5,7-8H2,1H3,(H,17,21)(H2,16,19,20,23). The largest absolute Gasteiger partial charge is 0.468 e. The van der Waals surface area contributed by atoms with Gasteiger partial charge >= 0.3 is 11.7 Å². The fourth-order valence-corrected chi connectivity index (χ4v) is 2.88. The van der Waals surface area contributed by atoms with E-state index >= 15 is 0 Å². The molecule has 4 N–H and O–H groups in total. The molecule has 0 aromatic carbocycles. The lowest BCUT2D eigenvalue weighted by atomic mass is 9.77. The molecule has 1 fully saturated rings. The van der Waals surface area contributed by atoms with Crippen LogP contribution in [0.1, 0.15) is 29.6 Å². The molecule has 128 valence electrons. The average Bonchev–Trinajstić information content (AvgIpc) is 2.92. The van der Waals surface area contributed by atoms with Gasteiger partial charge in [-0.25, -0.2) is 9.78 Å². The maximum Gasteiger partial charge on any atom is 0.326 e. The zero-order valence-corrected chi connectivity index (χ0v) is 13.3. The number of nitrogens with zero attached hydrogens (tertiary/aromatic N) is 1. The van der Waals surface area contributed by atoms with Gasteiger partial charge in [-0.05, 0) is 25.3 Å². The van der Waals surface area contributed by atoms with Gasteiger partial charge < -0.3 is 20.4 Å². The van der Waals surface area contributed by atoms with Crippen LogP contribution >= 0.6 is 0 Å². The molecule has 24 heavy (non-hydrogen) atoms. The zero-order valence-electron chi connectivity index (χ0n) is 13.3. The number of carbonyl (C=O) groups is 2. The lowest BCUT2D eigenvalue weighted by molar-refractivity contribution is -0.152. The number of carbonyl (C=O) groups excluding carboxylic acids is 2. The summed E-state index contributed by atoms with van der Waals surface area (Å²) < 4.78 is 4.82. The van der Waals surface area contributed by atoms with E-state index in [-0.39, 0.29) is 11.9 Å². The van der Waals surface area contributed by atoms with Crippen molar-refractivity contribution in [2.45, 2.75) is 24.8 Å². The number of amides is 1. The summed E-state index contributed by atoms with van der Waals surface area (Å²) in [5, 5.41) is 5.93. The number of aromatic amines is 2. The number of rotatable bonds is 6. The first-order valence-electron chi connectivity index (χ1n) is 7.74. The molecule has 2 aromatic heterocycles. The lowest BCUT2D eigenvalue weighted by Crippen LogP contribution is -2.58. The van der Waals surface area contributed by atoms with E-state index < -0.39 is 11.2 Å². The molecule has 9 heteroatoms. The molecule has 0 bridgehead atoms. The quantitative estimate of drug-likeness (QED) is 0.423. The van der Waals surface area contributed by atoms with Crippen molar-refractivity contribution >= 4 is 23.0 Å². The summed E-state index contributed by atoms with van der Waals surface area (Å²) in [6.45, 7) is 0.786. The number of fused-ring (bicyclic) bond motifs is 1. The maximum absolute atomic E-state index is 12.3. The van der Waals surface area contributed by atoms with Crippen LogP contribution in [0.4, 0.5) is 0 Å². The third kappa shape index (κ3) is 2.90. The van der Waals surface area contributed by atoms with Crippen LogP contribution < -0.4 is 16.3 Å². The highest BCUT2D eigenvalue weighted by molar-refractivity contribution is 6.03. The number of ether oxygens (including phenoxy) is 1. The van der Waals surface area contributed by atoms with E-state index in [4.69, 9.17) is 4.74 Å². The molecule has 0 aliphatic heterocycles. The summed E-state index contributed by atoms with van der Waals surface area (Å²) in [5.41, 5.74) is 0.0203. The predicted molar refractivity (Wildman–Crippen MR) is 85.6 cm³/mol. The van der Waals surface area contributed by atoms with Crippen molar-refractivity contribution < 1.29 is 14.3 Å². The number of hydrogen-bond donors (Lipinski definition) is 4. The van der Waals surface area contributed by atoms with Crippen molar-refractivity contribution in [2.24, 2.45) is 0 Å². The summed E-state index contributed by atoms with van der Waals surface area (Å²) in [7, 11) is 1.37. The topological polar surface area (TPSA) is 129 Å². The van der Waals surface area contributed by atoms with E-state index in [1.54, 1.807) is 0 Å². The highest BCUT2D eigenvalue weighted by Gasteiger charge is 2.44. The van der Waals surface area contributed by atoms with Gasteiger partial charge in [0.15, 0.2) is 5.65 Å². The Kier molecular flexibility index (Phi) is 4.34. The van der Waals surface area contributed by atoms with Crippen molar-refractivity contribution in [1.82, 2.24) is 25.6 Å². The van der Waals surface area contributed by atoms with E-state index in [1.165, 1.54) is 19.4 Å². The first-order valence-corrected chi connectivity index (χ1v) is 7.74. The number of imidazole rings is 1. The molecule has 0 spiro atoms. The number of nitrogens with one attached hydrogen (secondary N) is 4. The minimum atomic E-state index is -0.616. The van der Waals surface area contributed by atoms with Gasteiger partial charge in [0, 0.05) is 19.3 Å². The Bertz CT molecular complexity index is 821. The Morgan fingerprint density at radius 3 is 2.79 bits per heavy atom. The molecule has 9 nitrogen and oxygen atoms in total. The minimum Gasteiger partial charge on any atom is -0.468 e. The molecule has 0 saturated heterocycles. The zero-order chi connectivity index (χ0) is 17.2. The number of pyridine rings is 1. The summed E-state index contributed by atoms with van der Waals surface area (Å²) in [5.74, 6) is -0.582. The summed E-state index contributed by atoms with van der Waals surface area (Å²) in [6.07, 6.45) is 3.91. The summed E-state index contributed by atoms with van der Waals surface area (Å²) >= 11 is 0. The van der Waals surface area contributed by atoms with Crippen molar-refractivity contribution in [1.29, 1.82) is 0 Å². The van der Waals surface area contributed by atoms with Crippen LogP contribution in [0.5, 0.6) is 0 Å². The molecular weight excluding hydrogens is 314 g/mol. The first-order chi connectivity index (χ1) is 11.6. The van der Waals surface area contributed by atoms with E-state index in [9.17, 15) is 14.4 Å². The number of H-pyrrole nitrogens is 2. The summed E-state index contributed by atoms with van der Waals surface area (Å²) in [6, 6.07) is 1.54. The second-order valence-corrected chi connectivity index (χ2v) is 5.77. The molecule has 2 aromatic rings. The van der Waals surface area contributed by atoms with Gasteiger partial charge in [0.2, 0.25) is 0 Å². The van der Waals surface area contributed by atoms with Crippen molar-refractivity contribution in [3.05, 3.63) is 28.3 Å². The first kappa shape index (κ1) is 16.2. The SMILES string of the molecule is COC(=O)C1(NCCNC(=O)c2ccnc3[nH]c(=O)[nH]c23)CCC1. The summed E-state index contributed by atoms with van der Waals surface area (Å²) in [4.78, 5) is 44.5. The average molecular weight is 333 g/mol. The number of methoxy groups -OCH3 is 1. The Morgan fingerprint density at radius 2 is 2.12 bits per heavy atom. The van der Waals surface area contributed by atoms with Gasteiger partial charge in [-0.15, -0.1) is 0 Å². The monoisotopic (exact) mass is 333 g/mol. The highest BCUT2D eigenvalue weighted by atomic mass is 16.5. The van der Waals surface area contributed by atoms with Crippen molar-refractivity contribution in [3.63, 3.8) is 0 Å². The van der Waals surface area contributed by atoms with Gasteiger partial charge in [0.25, 0.3) is 5.91 Å². The van der Waals surface area contributed by atoms with Crippen LogP contribution in [0.3, 0.4) is 0 Å². The van der Waals surface area contributed by atoms with Crippen LogP contribution in [-0.2, 0) is 9.53 Å². The van der Waals surface area contributed by atoms with Crippen molar-refractivity contribution in [3.8, 4) is 0 Å². The Balaban J connectivity index is 1.58. The Labute approximate surface area is 137 Å². The molecule has 1 aliphatic carbocycles. The third-order valence-electron chi connectivity index (χ3n) is 4.32. The van der Waals surface area contributed by atoms with E-state index in [2.05, 4.69) is 25.6 Å². The van der Waals surface area contributed by atoms with Gasteiger partial charge in [-0.3, -0.25) is 14.6 Å². The van der Waals surface area contributed by atoms with Crippen LogP contribution in [-0.4, -0.2) is 52.6 Å². The number of hydrogen-bond acceptors (Lipinski definition) is 6. The van der Waals surface area contributed by atoms with Gasteiger partial charge in [0.1, 0.15) is 5.54 Å². The van der Waals surface area contributed by atoms with Crippen LogP contribution in [0.15, 0.2) is 17.1 Å². The second-order valence-electron chi connectivity index (χ2n) is 5.77. The van der Waals surface area contributed by atoms with Crippen LogP contribution in [0.25, 0.3) is 11.2 Å². The van der Waals surface area contributed by atoms with E-state index in [0.717, 1.165) is 19.3 Å². The molecule has 1 saturated carbocycles. The van der Waals surface area contributed by atoms with Crippen LogP contribution in [0.2, 0.25) is 0 Å². The molecule has 0 radical (unpaired) electrons. The van der Waals surface area contributed by atoms with Gasteiger partial charge in [0.05, 0.1) is 18.2 Å². The molecule has 3 rings (SSSR count). The van der Waals surface area contributed by atoms with Gasteiger partial charge in [-0.2, -0.15) is 0 Å². The highest BCUT2D eigenvalue weighted by Crippen LogP contribution is 2.32. The second kappa shape index (κ2) is 6.44. The number of aromatic nitrogens is 3. The van der Waals surface area contributed by atoms with Crippen LogP contribution in [0, 0.1) is 0 Å². The third-order valence-corrected chi connectivity index (χ3v) is 4.32. The molecule has 2 heterocycles. The molecule has 1 amide bonds. The Morgan fingerprint density at radius 1 is 1.33 bits per heavy atom. The molecule has 1 aliphatic rings. The molecule has 0 unspecified atom stereocenters. The van der Waals surface area contributed by atoms with Gasteiger partial charge in [-0.1, -0.05) is 0 Å². The lowest BCUT2D eigenvalue weighted by Gasteiger charge is -2.39.